The summed E-state index contributed by atoms with van der Waals surface area (Å²) >= 11 is 12.7. The highest BCUT2D eigenvalue weighted by Gasteiger charge is 2.70. The molecule has 4 aromatic rings. The van der Waals surface area contributed by atoms with E-state index in [0.29, 0.717) is 32.5 Å². The standard InChI is InChI=1S/C39H30Cl2FN3O5/c1-20-5-14-26(18-32(20)41)44-35(47)29-16-15-28-30(33(29)37(44)49)19-31-36(48)45(43-25-12-10-24(42)11-13-25)38(50)39(31,22-6-8-23(40)9-7-22)34(28)21-3-2-4-27(46)17-21/h2-15,17-18,29-31,33-34,43,46H,16,19H2,1H3. The smallest absolute Gasteiger partial charge is 0.260 e. The van der Waals surface area contributed by atoms with E-state index in [2.05, 4.69) is 5.43 Å². The van der Waals surface area contributed by atoms with E-state index in [0.717, 1.165) is 16.1 Å². The van der Waals surface area contributed by atoms with Gasteiger partial charge in [-0.05, 0) is 103 Å². The summed E-state index contributed by atoms with van der Waals surface area (Å²) in [6.07, 6.45) is 2.28. The molecule has 0 aromatic heterocycles. The Labute approximate surface area is 297 Å². The molecule has 11 heteroatoms. The number of imide groups is 2. The van der Waals surface area contributed by atoms with Crippen molar-refractivity contribution in [3.63, 3.8) is 0 Å². The Bertz CT molecular complexity index is 2140. The maximum Gasteiger partial charge on any atom is 0.260 e. The number of hydrogen-bond acceptors (Lipinski definition) is 6. The number of fused-ring (bicyclic) bond motifs is 4. The van der Waals surface area contributed by atoms with E-state index in [1.807, 2.05) is 13.0 Å². The van der Waals surface area contributed by atoms with Crippen molar-refractivity contribution in [3.05, 3.63) is 135 Å². The number of carbonyl (C=O) groups excluding carboxylic acids is 4. The van der Waals surface area contributed by atoms with Crippen LogP contribution in [0.5, 0.6) is 5.75 Å². The summed E-state index contributed by atoms with van der Waals surface area (Å²) in [5.41, 5.74) is 4.76. The summed E-state index contributed by atoms with van der Waals surface area (Å²) in [5, 5.41) is 12.6. The number of phenolic OH excluding ortho intramolecular Hbond substituents is 1. The van der Waals surface area contributed by atoms with Crippen molar-refractivity contribution < 1.29 is 28.7 Å². The molecular formula is C39H30Cl2FN3O5. The predicted molar refractivity (Wildman–Crippen MR) is 186 cm³/mol. The van der Waals surface area contributed by atoms with Gasteiger partial charge >= 0.3 is 0 Å². The number of nitrogens with one attached hydrogen (secondary N) is 1. The SMILES string of the molecule is Cc1ccc(N2C(=O)C3CC=C4C(CC5C(=O)N(Nc6ccc(F)cc6)C(=O)C5(c5ccc(Cl)cc5)C4c4cccc(O)c4)C3C2=O)cc1Cl. The van der Waals surface area contributed by atoms with Crippen LogP contribution in [0.2, 0.25) is 10.0 Å². The minimum atomic E-state index is -1.53. The van der Waals surface area contributed by atoms with Crippen LogP contribution in [0.25, 0.3) is 0 Å². The van der Waals surface area contributed by atoms with Crippen molar-refractivity contribution >= 4 is 58.2 Å². The van der Waals surface area contributed by atoms with Gasteiger partial charge < -0.3 is 5.11 Å². The molecule has 8 rings (SSSR count). The highest BCUT2D eigenvalue weighted by atomic mass is 35.5. The lowest BCUT2D eigenvalue weighted by Gasteiger charge is -2.50. The molecule has 50 heavy (non-hydrogen) atoms. The number of hydrogen-bond donors (Lipinski definition) is 2. The Hall–Kier alpha value is -4.99. The van der Waals surface area contributed by atoms with Crippen LogP contribution in [0.1, 0.15) is 35.4 Å². The molecule has 4 amide bonds. The Kier molecular flexibility index (Phi) is 7.62. The number of aryl methyl sites for hydroxylation is 1. The third kappa shape index (κ3) is 4.71. The predicted octanol–water partition coefficient (Wildman–Crippen LogP) is 7.34. The molecule has 6 atom stereocenters. The van der Waals surface area contributed by atoms with E-state index in [9.17, 15) is 23.9 Å². The molecule has 2 saturated heterocycles. The topological polar surface area (TPSA) is 107 Å². The number of rotatable bonds is 5. The van der Waals surface area contributed by atoms with Gasteiger partial charge in [-0.3, -0.25) is 24.6 Å². The van der Waals surface area contributed by atoms with Gasteiger partial charge in [-0.15, -0.1) is 0 Å². The molecule has 4 aromatic carbocycles. The van der Waals surface area contributed by atoms with E-state index in [4.69, 9.17) is 23.2 Å². The van der Waals surface area contributed by atoms with Gasteiger partial charge in [-0.25, -0.2) is 9.29 Å². The molecule has 4 aliphatic rings. The average molecular weight is 711 g/mol. The molecule has 1 saturated carbocycles. The fourth-order valence-corrected chi connectivity index (χ4v) is 9.01. The number of nitrogens with zero attached hydrogens (tertiary/aromatic N) is 2. The Morgan fingerprint density at radius 1 is 0.860 bits per heavy atom. The largest absolute Gasteiger partial charge is 0.508 e. The van der Waals surface area contributed by atoms with Crippen LogP contribution < -0.4 is 10.3 Å². The van der Waals surface area contributed by atoms with Crippen LogP contribution in [0.15, 0.2) is 103 Å². The van der Waals surface area contributed by atoms with Gasteiger partial charge in [0.2, 0.25) is 11.8 Å². The normalized spacial score (nSPS) is 27.2. The first-order chi connectivity index (χ1) is 24.0. The van der Waals surface area contributed by atoms with Crippen LogP contribution in [0, 0.1) is 36.4 Å². The fraction of sp³-hybridized carbons (Fsp3) is 0.231. The molecular weight excluding hydrogens is 680 g/mol. The molecule has 2 heterocycles. The third-order valence-corrected chi connectivity index (χ3v) is 11.5. The first-order valence-electron chi connectivity index (χ1n) is 16.3. The molecule has 0 radical (unpaired) electrons. The number of carbonyl (C=O) groups is 4. The number of halogens is 3. The summed E-state index contributed by atoms with van der Waals surface area (Å²) in [6.45, 7) is 1.83. The quantitative estimate of drug-likeness (QED) is 0.166. The van der Waals surface area contributed by atoms with E-state index >= 15 is 4.79 Å². The zero-order chi connectivity index (χ0) is 35.1. The second-order valence-electron chi connectivity index (χ2n) is 13.4. The third-order valence-electron chi connectivity index (χ3n) is 10.9. The number of aromatic hydroxyl groups is 1. The minimum Gasteiger partial charge on any atom is -0.508 e. The van der Waals surface area contributed by atoms with Gasteiger partial charge in [0.1, 0.15) is 11.6 Å². The van der Waals surface area contributed by atoms with Crippen LogP contribution in [-0.4, -0.2) is 33.7 Å². The highest BCUT2D eigenvalue weighted by Crippen LogP contribution is 2.64. The first kappa shape index (κ1) is 32.2. The van der Waals surface area contributed by atoms with Crippen molar-refractivity contribution in [2.24, 2.45) is 23.7 Å². The minimum absolute atomic E-state index is 0.0330. The lowest BCUT2D eigenvalue weighted by atomic mass is 9.49. The van der Waals surface area contributed by atoms with Crippen molar-refractivity contribution in [1.29, 1.82) is 0 Å². The zero-order valence-electron chi connectivity index (χ0n) is 26.6. The van der Waals surface area contributed by atoms with Gasteiger partial charge in [0.25, 0.3) is 11.8 Å². The molecule has 2 aliphatic heterocycles. The molecule has 0 bridgehead atoms. The van der Waals surface area contributed by atoms with E-state index in [1.54, 1.807) is 60.7 Å². The molecule has 2 N–H and O–H groups in total. The van der Waals surface area contributed by atoms with Gasteiger partial charge in [0.15, 0.2) is 0 Å². The van der Waals surface area contributed by atoms with E-state index < -0.39 is 52.6 Å². The second-order valence-corrected chi connectivity index (χ2v) is 14.3. The molecule has 252 valence electrons. The van der Waals surface area contributed by atoms with Crippen LogP contribution >= 0.6 is 23.2 Å². The number of phenols is 1. The maximum absolute atomic E-state index is 15.1. The monoisotopic (exact) mass is 709 g/mol. The average Bonchev–Trinajstić information content (AvgIpc) is 3.48. The van der Waals surface area contributed by atoms with Crippen LogP contribution in [0.4, 0.5) is 15.8 Å². The lowest BCUT2D eigenvalue weighted by Crippen LogP contribution is -2.53. The summed E-state index contributed by atoms with van der Waals surface area (Å²) in [5.74, 6) is -6.19. The van der Waals surface area contributed by atoms with E-state index in [1.165, 1.54) is 35.2 Å². The first-order valence-corrected chi connectivity index (χ1v) is 17.1. The van der Waals surface area contributed by atoms with Crippen LogP contribution in [-0.2, 0) is 24.6 Å². The zero-order valence-corrected chi connectivity index (χ0v) is 28.2. The Morgan fingerprint density at radius 3 is 2.30 bits per heavy atom. The number of amides is 4. The van der Waals surface area contributed by atoms with Gasteiger partial charge in [0, 0.05) is 16.0 Å². The van der Waals surface area contributed by atoms with Crippen molar-refractivity contribution in [3.8, 4) is 5.75 Å². The summed E-state index contributed by atoms with van der Waals surface area (Å²) < 4.78 is 13.8. The lowest BCUT2D eigenvalue weighted by molar-refractivity contribution is -0.138. The Morgan fingerprint density at radius 2 is 1.60 bits per heavy atom. The number of benzene rings is 4. The van der Waals surface area contributed by atoms with Gasteiger partial charge in [-0.1, -0.05) is 65.2 Å². The van der Waals surface area contributed by atoms with Crippen molar-refractivity contribution in [1.82, 2.24) is 5.01 Å². The van der Waals surface area contributed by atoms with Crippen molar-refractivity contribution in [2.45, 2.75) is 31.1 Å². The number of hydrazine groups is 1. The summed E-state index contributed by atoms with van der Waals surface area (Å²) in [7, 11) is 0. The molecule has 2 aliphatic carbocycles. The highest BCUT2D eigenvalue weighted by molar-refractivity contribution is 6.32. The maximum atomic E-state index is 15.1. The number of allylic oxidation sites excluding steroid dienone is 2. The molecule has 0 spiro atoms. The van der Waals surface area contributed by atoms with Crippen LogP contribution in [0.3, 0.4) is 0 Å². The van der Waals surface area contributed by atoms with Gasteiger partial charge in [0.05, 0.1) is 34.5 Å². The summed E-state index contributed by atoms with van der Waals surface area (Å²) in [6, 6.07) is 23.7. The second kappa shape index (κ2) is 11.8. The fourth-order valence-electron chi connectivity index (χ4n) is 8.71. The Balaban J connectivity index is 1.31. The number of anilines is 2. The molecule has 8 nitrogen and oxygen atoms in total. The van der Waals surface area contributed by atoms with Gasteiger partial charge in [-0.2, -0.15) is 5.01 Å². The summed E-state index contributed by atoms with van der Waals surface area (Å²) in [4.78, 5) is 59.4. The molecule has 6 unspecified atom stereocenters. The van der Waals surface area contributed by atoms with E-state index in [-0.39, 0.29) is 30.4 Å². The van der Waals surface area contributed by atoms with Crippen molar-refractivity contribution in [2.75, 3.05) is 10.3 Å². The molecule has 3 fully saturated rings.